The number of carbonyl (C=O) groups is 1. The molecule has 0 bridgehead atoms. The largest absolute Gasteiger partial charge is 0.352 e. The van der Waals surface area contributed by atoms with Crippen molar-refractivity contribution < 1.29 is 4.79 Å². The lowest BCUT2D eigenvalue weighted by Gasteiger charge is -2.11. The molecule has 0 atom stereocenters. The standard InChI is InChI=1S/C17H17N5O/c1-3-4-7-17(21-22-17)8-10-19-16(23)14-11-13-6-5-9-18-15(13)20-12(14)2/h1,5-6,9,11H,4,7-8,10H2,2H3,(H,19,23). The summed E-state index contributed by atoms with van der Waals surface area (Å²) in [5.74, 6) is 2.45. The minimum absolute atomic E-state index is 0.145. The van der Waals surface area contributed by atoms with Crippen molar-refractivity contribution in [2.24, 2.45) is 10.2 Å². The molecule has 0 spiro atoms. The Morgan fingerprint density at radius 1 is 1.39 bits per heavy atom. The van der Waals surface area contributed by atoms with Crippen LogP contribution in [0.1, 0.15) is 35.3 Å². The zero-order valence-electron chi connectivity index (χ0n) is 12.9. The van der Waals surface area contributed by atoms with Gasteiger partial charge in [-0.25, -0.2) is 9.97 Å². The maximum Gasteiger partial charge on any atom is 0.253 e. The lowest BCUT2D eigenvalue weighted by molar-refractivity contribution is 0.0951. The normalized spacial score (nSPS) is 14.4. The van der Waals surface area contributed by atoms with Crippen LogP contribution >= 0.6 is 0 Å². The van der Waals surface area contributed by atoms with Crippen molar-refractivity contribution in [1.82, 2.24) is 15.3 Å². The fourth-order valence-electron chi connectivity index (χ4n) is 2.46. The molecule has 116 valence electrons. The van der Waals surface area contributed by atoms with Crippen molar-refractivity contribution in [3.63, 3.8) is 0 Å². The number of hydrogen-bond donors (Lipinski definition) is 1. The molecule has 0 aliphatic carbocycles. The Hall–Kier alpha value is -2.81. The summed E-state index contributed by atoms with van der Waals surface area (Å²) in [6.45, 7) is 2.31. The molecular weight excluding hydrogens is 290 g/mol. The van der Waals surface area contributed by atoms with Crippen molar-refractivity contribution in [2.45, 2.75) is 31.8 Å². The molecule has 0 saturated carbocycles. The van der Waals surface area contributed by atoms with E-state index >= 15 is 0 Å². The van der Waals surface area contributed by atoms with Gasteiger partial charge in [-0.05, 0) is 25.1 Å². The van der Waals surface area contributed by atoms with Crippen LogP contribution in [-0.2, 0) is 0 Å². The first kappa shape index (κ1) is 15.1. The number of fused-ring (bicyclic) bond motifs is 1. The number of rotatable bonds is 6. The van der Waals surface area contributed by atoms with Gasteiger partial charge in [-0.3, -0.25) is 4.79 Å². The minimum Gasteiger partial charge on any atom is -0.352 e. The quantitative estimate of drug-likeness (QED) is 0.833. The highest BCUT2D eigenvalue weighted by atomic mass is 16.1. The van der Waals surface area contributed by atoms with Crippen LogP contribution in [0.2, 0.25) is 0 Å². The zero-order valence-corrected chi connectivity index (χ0v) is 12.9. The molecule has 1 aliphatic rings. The molecule has 6 nitrogen and oxygen atoms in total. The molecule has 6 heteroatoms. The van der Waals surface area contributed by atoms with Crippen LogP contribution in [-0.4, -0.2) is 28.1 Å². The smallest absolute Gasteiger partial charge is 0.253 e. The number of aryl methyl sites for hydroxylation is 1. The Kier molecular flexibility index (Phi) is 4.02. The highest BCUT2D eigenvalue weighted by Crippen LogP contribution is 2.36. The van der Waals surface area contributed by atoms with Crippen LogP contribution in [0.5, 0.6) is 0 Å². The Morgan fingerprint density at radius 2 is 2.22 bits per heavy atom. The third kappa shape index (κ3) is 3.34. The summed E-state index contributed by atoms with van der Waals surface area (Å²) in [4.78, 5) is 20.9. The topological polar surface area (TPSA) is 79.6 Å². The Morgan fingerprint density at radius 3 is 2.96 bits per heavy atom. The van der Waals surface area contributed by atoms with E-state index in [1.54, 1.807) is 6.20 Å². The monoisotopic (exact) mass is 307 g/mol. The third-order valence-corrected chi connectivity index (χ3v) is 3.89. The first-order valence-electron chi connectivity index (χ1n) is 7.52. The molecule has 23 heavy (non-hydrogen) atoms. The van der Waals surface area contributed by atoms with Crippen molar-refractivity contribution in [3.8, 4) is 12.3 Å². The van der Waals surface area contributed by atoms with Crippen molar-refractivity contribution in [1.29, 1.82) is 0 Å². The van der Waals surface area contributed by atoms with Crippen LogP contribution in [0.4, 0.5) is 0 Å². The SMILES string of the molecule is C#CCCC1(CCNC(=O)c2cc3cccnc3nc2C)N=N1. The van der Waals surface area contributed by atoms with Gasteiger partial charge < -0.3 is 5.32 Å². The summed E-state index contributed by atoms with van der Waals surface area (Å²) < 4.78 is 0. The Bertz CT molecular complexity index is 815. The first-order valence-corrected chi connectivity index (χ1v) is 7.52. The molecule has 3 heterocycles. The van der Waals surface area contributed by atoms with Crippen LogP contribution in [0.15, 0.2) is 34.6 Å². The fourth-order valence-corrected chi connectivity index (χ4v) is 2.46. The van der Waals surface area contributed by atoms with E-state index in [4.69, 9.17) is 6.42 Å². The molecule has 0 fully saturated rings. The summed E-state index contributed by atoms with van der Waals surface area (Å²) in [5, 5.41) is 11.9. The van der Waals surface area contributed by atoms with E-state index in [1.807, 2.05) is 25.1 Å². The van der Waals surface area contributed by atoms with E-state index in [0.29, 0.717) is 36.3 Å². The summed E-state index contributed by atoms with van der Waals surface area (Å²) in [5.41, 5.74) is 1.50. The van der Waals surface area contributed by atoms with Gasteiger partial charge >= 0.3 is 0 Å². The molecule has 1 amide bonds. The van der Waals surface area contributed by atoms with Crippen LogP contribution < -0.4 is 5.32 Å². The highest BCUT2D eigenvalue weighted by Gasteiger charge is 2.38. The van der Waals surface area contributed by atoms with E-state index < -0.39 is 0 Å². The van der Waals surface area contributed by atoms with Crippen LogP contribution in [0, 0.1) is 19.3 Å². The minimum atomic E-state index is -0.375. The predicted molar refractivity (Wildman–Crippen MR) is 86.9 cm³/mol. The number of carbonyl (C=O) groups excluding carboxylic acids is 1. The van der Waals surface area contributed by atoms with Gasteiger partial charge in [0.25, 0.3) is 5.91 Å². The molecule has 3 rings (SSSR count). The number of amides is 1. The van der Waals surface area contributed by atoms with Gasteiger partial charge in [0.1, 0.15) is 0 Å². The first-order chi connectivity index (χ1) is 11.1. The number of terminal acetylenes is 1. The molecule has 1 N–H and O–H groups in total. The molecule has 1 aliphatic heterocycles. The van der Waals surface area contributed by atoms with Gasteiger partial charge in [0.05, 0.1) is 11.3 Å². The number of nitrogens with zero attached hydrogens (tertiary/aromatic N) is 4. The van der Waals surface area contributed by atoms with E-state index in [2.05, 4.69) is 31.4 Å². The molecule has 2 aromatic heterocycles. The third-order valence-electron chi connectivity index (χ3n) is 3.89. The summed E-state index contributed by atoms with van der Waals surface area (Å²) in [6.07, 6.45) is 9.00. The van der Waals surface area contributed by atoms with E-state index in [-0.39, 0.29) is 11.6 Å². The summed E-state index contributed by atoms with van der Waals surface area (Å²) in [6, 6.07) is 5.54. The lowest BCUT2D eigenvalue weighted by Crippen LogP contribution is -2.29. The summed E-state index contributed by atoms with van der Waals surface area (Å²) >= 11 is 0. The van der Waals surface area contributed by atoms with Crippen molar-refractivity contribution in [3.05, 3.63) is 35.7 Å². The van der Waals surface area contributed by atoms with Gasteiger partial charge in [-0.15, -0.1) is 12.3 Å². The van der Waals surface area contributed by atoms with Crippen LogP contribution in [0.3, 0.4) is 0 Å². The fraction of sp³-hybridized carbons (Fsp3) is 0.353. The Labute approximate surface area is 134 Å². The number of aromatic nitrogens is 2. The second-order valence-electron chi connectivity index (χ2n) is 5.56. The molecular formula is C17H17N5O. The van der Waals surface area contributed by atoms with Crippen molar-refractivity contribution in [2.75, 3.05) is 6.54 Å². The molecule has 0 unspecified atom stereocenters. The molecule has 0 aromatic carbocycles. The average molecular weight is 307 g/mol. The lowest BCUT2D eigenvalue weighted by atomic mass is 10.0. The van der Waals surface area contributed by atoms with Crippen LogP contribution in [0.25, 0.3) is 11.0 Å². The predicted octanol–water partition coefficient (Wildman–Crippen LogP) is 2.63. The average Bonchev–Trinajstić information content (AvgIpc) is 3.32. The number of nitrogens with one attached hydrogen (secondary N) is 1. The second-order valence-corrected chi connectivity index (χ2v) is 5.56. The van der Waals surface area contributed by atoms with Gasteiger partial charge in [0, 0.05) is 37.4 Å². The molecule has 0 saturated heterocycles. The van der Waals surface area contributed by atoms with E-state index in [1.165, 1.54) is 0 Å². The van der Waals surface area contributed by atoms with Gasteiger partial charge in [-0.2, -0.15) is 10.2 Å². The highest BCUT2D eigenvalue weighted by molar-refractivity contribution is 5.98. The zero-order chi connectivity index (χ0) is 16.3. The molecule has 2 aromatic rings. The number of hydrogen-bond acceptors (Lipinski definition) is 5. The maximum atomic E-state index is 12.4. The van der Waals surface area contributed by atoms with Gasteiger partial charge in [0.15, 0.2) is 11.3 Å². The van der Waals surface area contributed by atoms with Gasteiger partial charge in [0.2, 0.25) is 0 Å². The van der Waals surface area contributed by atoms with E-state index in [0.717, 1.165) is 11.8 Å². The maximum absolute atomic E-state index is 12.4. The second kappa shape index (κ2) is 6.13. The summed E-state index contributed by atoms with van der Waals surface area (Å²) in [7, 11) is 0. The number of pyridine rings is 2. The van der Waals surface area contributed by atoms with E-state index in [9.17, 15) is 4.79 Å². The Balaban J connectivity index is 1.62. The van der Waals surface area contributed by atoms with Crippen molar-refractivity contribution >= 4 is 16.9 Å². The molecule has 0 radical (unpaired) electrons. The van der Waals surface area contributed by atoms with Gasteiger partial charge in [-0.1, -0.05) is 0 Å².